The van der Waals surface area contributed by atoms with E-state index in [2.05, 4.69) is 10.6 Å². The topological polar surface area (TPSA) is 109 Å². The van der Waals surface area contributed by atoms with Crippen LogP contribution in [0, 0.1) is 5.92 Å². The normalized spacial score (nSPS) is 13.2. The van der Waals surface area contributed by atoms with E-state index in [1.807, 2.05) is 30.3 Å². The molecule has 0 spiro atoms. The molecule has 2 unspecified atom stereocenters. The van der Waals surface area contributed by atoms with Crippen LogP contribution in [0.2, 0.25) is 0 Å². The number of hydrogen-bond donors (Lipinski definition) is 3. The van der Waals surface area contributed by atoms with E-state index in [1.54, 1.807) is 26.0 Å². The van der Waals surface area contributed by atoms with Gasteiger partial charge in [0.05, 0.1) is 6.26 Å². The van der Waals surface area contributed by atoms with Gasteiger partial charge in [-0.3, -0.25) is 9.59 Å². The molecule has 3 N–H and O–H groups in total. The first kappa shape index (κ1) is 21.0. The first-order chi connectivity index (χ1) is 13.4. The van der Waals surface area contributed by atoms with Gasteiger partial charge in [0.2, 0.25) is 11.8 Å². The Morgan fingerprint density at radius 1 is 1.07 bits per heavy atom. The van der Waals surface area contributed by atoms with Crippen LogP contribution in [0.3, 0.4) is 0 Å². The minimum absolute atomic E-state index is 0.234. The molecule has 2 rings (SSSR count). The number of furan rings is 1. The van der Waals surface area contributed by atoms with E-state index in [9.17, 15) is 19.5 Å². The summed E-state index contributed by atoms with van der Waals surface area (Å²) in [5.41, 5.74) is 0.842. The highest BCUT2D eigenvalue weighted by molar-refractivity contribution is 5.96. The highest BCUT2D eigenvalue weighted by Crippen LogP contribution is 2.07. The van der Waals surface area contributed by atoms with E-state index in [4.69, 9.17) is 4.42 Å². The summed E-state index contributed by atoms with van der Waals surface area (Å²) < 4.78 is 5.13. The predicted molar refractivity (Wildman–Crippen MR) is 104 cm³/mol. The third kappa shape index (κ3) is 6.42. The number of carbonyl (C=O) groups is 3. The summed E-state index contributed by atoms with van der Waals surface area (Å²) in [4.78, 5) is 36.4. The van der Waals surface area contributed by atoms with Gasteiger partial charge in [0, 0.05) is 12.5 Å². The van der Waals surface area contributed by atoms with Crippen LogP contribution < -0.4 is 10.6 Å². The van der Waals surface area contributed by atoms with Gasteiger partial charge in [0.1, 0.15) is 17.8 Å². The van der Waals surface area contributed by atoms with Crippen LogP contribution in [-0.4, -0.2) is 35.0 Å². The van der Waals surface area contributed by atoms with Crippen molar-refractivity contribution in [3.63, 3.8) is 0 Å². The predicted octanol–water partition coefficient (Wildman–Crippen LogP) is 2.25. The molecule has 0 aliphatic rings. The van der Waals surface area contributed by atoms with Crippen molar-refractivity contribution in [3.05, 3.63) is 66.1 Å². The van der Waals surface area contributed by atoms with Gasteiger partial charge in [-0.25, -0.2) is 4.79 Å². The number of carboxylic acids is 1. The maximum absolute atomic E-state index is 12.7. The Labute approximate surface area is 163 Å². The summed E-state index contributed by atoms with van der Waals surface area (Å²) in [5, 5.41) is 14.5. The molecule has 1 heterocycles. The lowest BCUT2D eigenvalue weighted by atomic mass is 10.0. The minimum atomic E-state index is -1.12. The number of nitrogens with one attached hydrogen (secondary N) is 2. The Bertz CT molecular complexity index is 813. The first-order valence-electron chi connectivity index (χ1n) is 8.96. The second-order valence-corrected chi connectivity index (χ2v) is 6.67. The van der Waals surface area contributed by atoms with Crippen molar-refractivity contribution in [1.29, 1.82) is 0 Å². The molecule has 0 aliphatic carbocycles. The van der Waals surface area contributed by atoms with Gasteiger partial charge in [-0.15, -0.1) is 0 Å². The summed E-state index contributed by atoms with van der Waals surface area (Å²) in [7, 11) is 0. The number of aliphatic carboxylic acids is 1. The van der Waals surface area contributed by atoms with Crippen LogP contribution in [0.1, 0.15) is 25.2 Å². The quantitative estimate of drug-likeness (QED) is 0.575. The van der Waals surface area contributed by atoms with Crippen molar-refractivity contribution >= 4 is 23.9 Å². The average molecular weight is 384 g/mol. The van der Waals surface area contributed by atoms with Gasteiger partial charge < -0.3 is 20.2 Å². The van der Waals surface area contributed by atoms with E-state index in [-0.39, 0.29) is 12.3 Å². The molecule has 7 heteroatoms. The third-order valence-electron chi connectivity index (χ3n) is 4.09. The van der Waals surface area contributed by atoms with Gasteiger partial charge in [-0.05, 0) is 29.7 Å². The van der Waals surface area contributed by atoms with Crippen molar-refractivity contribution in [2.24, 2.45) is 5.92 Å². The molecule has 0 aliphatic heterocycles. The van der Waals surface area contributed by atoms with Crippen LogP contribution in [0.25, 0.3) is 6.08 Å². The van der Waals surface area contributed by atoms with Gasteiger partial charge in [-0.2, -0.15) is 0 Å². The van der Waals surface area contributed by atoms with Gasteiger partial charge in [-0.1, -0.05) is 44.2 Å². The number of amides is 2. The van der Waals surface area contributed by atoms with Crippen LogP contribution in [0.15, 0.2) is 59.2 Å². The third-order valence-corrected chi connectivity index (χ3v) is 4.09. The molecule has 148 valence electrons. The van der Waals surface area contributed by atoms with Gasteiger partial charge >= 0.3 is 5.97 Å². The minimum Gasteiger partial charge on any atom is -0.480 e. The fourth-order valence-corrected chi connectivity index (χ4v) is 2.59. The van der Waals surface area contributed by atoms with E-state index in [1.165, 1.54) is 18.4 Å². The first-order valence-corrected chi connectivity index (χ1v) is 8.96. The molecule has 0 fully saturated rings. The van der Waals surface area contributed by atoms with Crippen LogP contribution in [0.4, 0.5) is 0 Å². The fraction of sp³-hybridized carbons (Fsp3) is 0.286. The number of rotatable bonds is 9. The van der Waals surface area contributed by atoms with E-state index in [0.717, 1.165) is 5.56 Å². The summed E-state index contributed by atoms with van der Waals surface area (Å²) in [6.45, 7) is 3.41. The van der Waals surface area contributed by atoms with Crippen LogP contribution >= 0.6 is 0 Å². The second kappa shape index (κ2) is 10.1. The standard InChI is InChI=1S/C21H24N2O5/c1-14(2)19(21(26)27)23-20(25)17(13-15-7-4-3-5-8-15)22-18(24)11-10-16-9-6-12-28-16/h3-12,14,17,19H,13H2,1-2H3,(H,22,24)(H,23,25)(H,26,27). The van der Waals surface area contributed by atoms with E-state index in [0.29, 0.717) is 5.76 Å². The molecule has 7 nitrogen and oxygen atoms in total. The molecular formula is C21H24N2O5. The summed E-state index contributed by atoms with van der Waals surface area (Å²) in [6.07, 6.45) is 4.47. The molecule has 0 saturated heterocycles. The molecule has 1 aromatic heterocycles. The molecule has 2 aromatic rings. The van der Waals surface area contributed by atoms with E-state index < -0.39 is 29.9 Å². The molecule has 1 aromatic carbocycles. The van der Waals surface area contributed by atoms with Gasteiger partial charge in [0.15, 0.2) is 0 Å². The summed E-state index contributed by atoms with van der Waals surface area (Å²) >= 11 is 0. The number of benzene rings is 1. The Hall–Kier alpha value is -3.35. The van der Waals surface area contributed by atoms with Crippen molar-refractivity contribution in [1.82, 2.24) is 10.6 Å². The summed E-state index contributed by atoms with van der Waals surface area (Å²) in [5.74, 6) is -1.95. The van der Waals surface area contributed by atoms with Crippen molar-refractivity contribution in [2.75, 3.05) is 0 Å². The highest BCUT2D eigenvalue weighted by atomic mass is 16.4. The number of carboxylic acid groups (broad SMARTS) is 1. The van der Waals surface area contributed by atoms with Gasteiger partial charge in [0.25, 0.3) is 0 Å². The summed E-state index contributed by atoms with van der Waals surface area (Å²) in [6, 6.07) is 10.6. The molecular weight excluding hydrogens is 360 g/mol. The zero-order chi connectivity index (χ0) is 20.5. The molecule has 0 radical (unpaired) electrons. The number of carbonyl (C=O) groups excluding carboxylic acids is 2. The lowest BCUT2D eigenvalue weighted by Crippen LogP contribution is -2.53. The lowest BCUT2D eigenvalue weighted by molar-refractivity contribution is -0.143. The average Bonchev–Trinajstić information content (AvgIpc) is 3.17. The van der Waals surface area contributed by atoms with Crippen molar-refractivity contribution in [3.8, 4) is 0 Å². The van der Waals surface area contributed by atoms with Crippen molar-refractivity contribution < 1.29 is 23.9 Å². The molecule has 0 saturated carbocycles. The molecule has 2 atom stereocenters. The Kier molecular flexibility index (Phi) is 7.56. The van der Waals surface area contributed by atoms with Crippen LogP contribution in [-0.2, 0) is 20.8 Å². The lowest BCUT2D eigenvalue weighted by Gasteiger charge is -2.23. The zero-order valence-corrected chi connectivity index (χ0v) is 15.8. The zero-order valence-electron chi connectivity index (χ0n) is 15.8. The largest absolute Gasteiger partial charge is 0.480 e. The molecule has 28 heavy (non-hydrogen) atoms. The second-order valence-electron chi connectivity index (χ2n) is 6.67. The molecule has 0 bridgehead atoms. The van der Waals surface area contributed by atoms with E-state index >= 15 is 0 Å². The Balaban J connectivity index is 2.12. The van der Waals surface area contributed by atoms with Crippen LogP contribution in [0.5, 0.6) is 0 Å². The van der Waals surface area contributed by atoms with Crippen molar-refractivity contribution in [2.45, 2.75) is 32.4 Å². The smallest absolute Gasteiger partial charge is 0.326 e. The maximum Gasteiger partial charge on any atom is 0.326 e. The number of hydrogen-bond acceptors (Lipinski definition) is 4. The fourth-order valence-electron chi connectivity index (χ4n) is 2.59. The molecule has 2 amide bonds. The Morgan fingerprint density at radius 3 is 2.36 bits per heavy atom. The SMILES string of the molecule is CC(C)C(NC(=O)C(Cc1ccccc1)NC(=O)C=Cc1ccco1)C(=O)O. The maximum atomic E-state index is 12.7. The highest BCUT2D eigenvalue weighted by Gasteiger charge is 2.28. The monoisotopic (exact) mass is 384 g/mol. The Morgan fingerprint density at radius 2 is 1.79 bits per heavy atom.